The van der Waals surface area contributed by atoms with Crippen molar-refractivity contribution >= 4 is 23.1 Å². The first kappa shape index (κ1) is 21.4. The van der Waals surface area contributed by atoms with E-state index in [1.54, 1.807) is 17.5 Å². The van der Waals surface area contributed by atoms with Crippen molar-refractivity contribution in [1.29, 1.82) is 0 Å². The Morgan fingerprint density at radius 3 is 2.84 bits per heavy atom. The first-order valence-electron chi connectivity index (χ1n) is 10.5. The largest absolute Gasteiger partial charge is 0.380 e. The summed E-state index contributed by atoms with van der Waals surface area (Å²) in [5.74, 6) is 0.765. The predicted molar refractivity (Wildman–Crippen MR) is 124 cm³/mol. The van der Waals surface area contributed by atoms with Gasteiger partial charge in [0.1, 0.15) is 5.82 Å². The van der Waals surface area contributed by atoms with E-state index in [4.69, 9.17) is 10.5 Å². The molecule has 0 saturated carbocycles. The zero-order valence-corrected chi connectivity index (χ0v) is 18.5. The average Bonchev–Trinajstić information content (AvgIpc) is 3.01. The van der Waals surface area contributed by atoms with Crippen molar-refractivity contribution in [2.45, 2.75) is 26.3 Å². The molecule has 3 aromatic rings. The van der Waals surface area contributed by atoms with E-state index >= 15 is 0 Å². The fourth-order valence-corrected chi connectivity index (χ4v) is 4.72. The number of primary amides is 1. The molecule has 1 aliphatic heterocycles. The van der Waals surface area contributed by atoms with E-state index in [2.05, 4.69) is 44.5 Å². The SMILES string of the molecule is CCc1nccc(-c2sc(-c3ccc(CN4CCCOCC4)cc3)cc2NC(N)=O)n1. The Morgan fingerprint density at radius 1 is 1.23 bits per heavy atom. The quantitative estimate of drug-likeness (QED) is 0.604. The Morgan fingerprint density at radius 2 is 2.06 bits per heavy atom. The fourth-order valence-electron chi connectivity index (χ4n) is 3.63. The summed E-state index contributed by atoms with van der Waals surface area (Å²) in [5, 5.41) is 2.74. The molecule has 2 aromatic heterocycles. The van der Waals surface area contributed by atoms with Crippen molar-refractivity contribution in [2.24, 2.45) is 5.73 Å². The van der Waals surface area contributed by atoms with Crippen molar-refractivity contribution in [3.63, 3.8) is 0 Å². The Kier molecular flexibility index (Phi) is 6.91. The van der Waals surface area contributed by atoms with Crippen LogP contribution in [-0.2, 0) is 17.7 Å². The number of amides is 2. The van der Waals surface area contributed by atoms with Crippen LogP contribution in [-0.4, -0.2) is 47.2 Å². The van der Waals surface area contributed by atoms with Gasteiger partial charge in [0.05, 0.1) is 22.9 Å². The highest BCUT2D eigenvalue weighted by Crippen LogP contribution is 2.40. The molecule has 2 amide bonds. The molecule has 31 heavy (non-hydrogen) atoms. The monoisotopic (exact) mass is 437 g/mol. The number of thiophene rings is 1. The molecule has 162 valence electrons. The zero-order chi connectivity index (χ0) is 21.6. The molecule has 0 bridgehead atoms. The van der Waals surface area contributed by atoms with Gasteiger partial charge in [0.25, 0.3) is 0 Å². The summed E-state index contributed by atoms with van der Waals surface area (Å²) < 4.78 is 5.54. The molecule has 1 aliphatic rings. The summed E-state index contributed by atoms with van der Waals surface area (Å²) in [6, 6.07) is 11.8. The topological polar surface area (TPSA) is 93.4 Å². The minimum Gasteiger partial charge on any atom is -0.380 e. The molecule has 1 fully saturated rings. The van der Waals surface area contributed by atoms with Gasteiger partial charge in [0.15, 0.2) is 0 Å². The van der Waals surface area contributed by atoms with Gasteiger partial charge < -0.3 is 15.8 Å². The van der Waals surface area contributed by atoms with Crippen LogP contribution in [0, 0.1) is 0 Å². The molecule has 0 spiro atoms. The maximum atomic E-state index is 11.5. The van der Waals surface area contributed by atoms with Crippen LogP contribution in [0.5, 0.6) is 0 Å². The summed E-state index contributed by atoms with van der Waals surface area (Å²) >= 11 is 1.58. The van der Waals surface area contributed by atoms with Gasteiger partial charge in [-0.1, -0.05) is 31.2 Å². The predicted octanol–water partition coefficient (Wildman–Crippen LogP) is 4.15. The summed E-state index contributed by atoms with van der Waals surface area (Å²) in [4.78, 5) is 24.8. The third kappa shape index (κ3) is 5.46. The van der Waals surface area contributed by atoms with Crippen molar-refractivity contribution in [3.8, 4) is 21.0 Å². The minimum atomic E-state index is -0.591. The summed E-state index contributed by atoms with van der Waals surface area (Å²) in [6.45, 7) is 6.63. The van der Waals surface area contributed by atoms with E-state index in [-0.39, 0.29) is 0 Å². The molecule has 4 rings (SSSR count). The number of aryl methyl sites for hydroxylation is 1. The fraction of sp³-hybridized carbons (Fsp3) is 0.348. The van der Waals surface area contributed by atoms with Crippen molar-refractivity contribution in [1.82, 2.24) is 14.9 Å². The van der Waals surface area contributed by atoms with Crippen LogP contribution in [0.25, 0.3) is 21.0 Å². The summed E-state index contributed by atoms with van der Waals surface area (Å²) in [7, 11) is 0. The second-order valence-electron chi connectivity index (χ2n) is 7.49. The summed E-state index contributed by atoms with van der Waals surface area (Å²) in [5.41, 5.74) is 9.23. The number of nitrogens with two attached hydrogens (primary N) is 1. The van der Waals surface area contributed by atoms with Gasteiger partial charge in [-0.05, 0) is 29.7 Å². The van der Waals surface area contributed by atoms with Gasteiger partial charge in [0.2, 0.25) is 0 Å². The number of urea groups is 1. The zero-order valence-electron chi connectivity index (χ0n) is 17.6. The van der Waals surface area contributed by atoms with Crippen molar-refractivity contribution < 1.29 is 9.53 Å². The lowest BCUT2D eigenvalue weighted by atomic mass is 10.1. The van der Waals surface area contributed by atoms with Crippen molar-refractivity contribution in [3.05, 3.63) is 54.0 Å². The number of hydrogen-bond donors (Lipinski definition) is 2. The lowest BCUT2D eigenvalue weighted by Crippen LogP contribution is -2.25. The normalized spacial score (nSPS) is 14.9. The highest BCUT2D eigenvalue weighted by molar-refractivity contribution is 7.19. The number of benzene rings is 1. The standard InChI is InChI=1S/C23H27N5O2S/c1-2-21-25-9-8-18(26-21)22-19(27-23(24)29)14-20(31-22)17-6-4-16(5-7-17)15-28-10-3-12-30-13-11-28/h4-9,14H,2-3,10-13,15H2,1H3,(H3,24,27,29). The van der Waals surface area contributed by atoms with Crippen LogP contribution >= 0.6 is 11.3 Å². The maximum Gasteiger partial charge on any atom is 0.316 e. The van der Waals surface area contributed by atoms with E-state index in [0.717, 1.165) is 72.5 Å². The number of carbonyl (C=O) groups excluding carboxylic acids is 1. The smallest absolute Gasteiger partial charge is 0.316 e. The molecule has 1 aromatic carbocycles. The molecule has 7 nitrogen and oxygen atoms in total. The molecule has 3 N–H and O–H groups in total. The van der Waals surface area contributed by atoms with Crippen LogP contribution in [0.3, 0.4) is 0 Å². The number of rotatable bonds is 6. The van der Waals surface area contributed by atoms with Crippen LogP contribution in [0.2, 0.25) is 0 Å². The first-order chi connectivity index (χ1) is 15.1. The minimum absolute atomic E-state index is 0.591. The Balaban J connectivity index is 1.58. The molecule has 1 saturated heterocycles. The molecule has 0 atom stereocenters. The maximum absolute atomic E-state index is 11.5. The second kappa shape index (κ2) is 10.00. The van der Waals surface area contributed by atoms with Crippen LogP contribution in [0.4, 0.5) is 10.5 Å². The molecule has 0 radical (unpaired) electrons. The molecule has 0 aliphatic carbocycles. The van der Waals surface area contributed by atoms with Gasteiger partial charge in [-0.15, -0.1) is 11.3 Å². The van der Waals surface area contributed by atoms with E-state index in [1.165, 1.54) is 5.56 Å². The second-order valence-corrected chi connectivity index (χ2v) is 8.55. The number of aromatic nitrogens is 2. The van der Waals surface area contributed by atoms with Crippen molar-refractivity contribution in [2.75, 3.05) is 31.6 Å². The van der Waals surface area contributed by atoms with E-state index in [1.807, 2.05) is 19.1 Å². The van der Waals surface area contributed by atoms with Gasteiger partial charge in [-0.25, -0.2) is 14.8 Å². The molecule has 0 unspecified atom stereocenters. The van der Waals surface area contributed by atoms with Gasteiger partial charge >= 0.3 is 6.03 Å². The molecular formula is C23H27N5O2S. The highest BCUT2D eigenvalue weighted by Gasteiger charge is 2.16. The lowest BCUT2D eigenvalue weighted by molar-refractivity contribution is 0.140. The van der Waals surface area contributed by atoms with Gasteiger partial charge in [-0.2, -0.15) is 0 Å². The third-order valence-corrected chi connectivity index (χ3v) is 6.41. The first-order valence-corrected chi connectivity index (χ1v) is 11.4. The Hall–Kier alpha value is -2.81. The van der Waals surface area contributed by atoms with E-state index in [9.17, 15) is 4.79 Å². The van der Waals surface area contributed by atoms with Gasteiger partial charge in [0, 0.05) is 43.7 Å². The van der Waals surface area contributed by atoms with Crippen LogP contribution in [0.1, 0.15) is 24.7 Å². The number of nitrogens with one attached hydrogen (secondary N) is 1. The third-order valence-electron chi connectivity index (χ3n) is 5.20. The number of ether oxygens (including phenoxy) is 1. The molecule has 3 heterocycles. The average molecular weight is 438 g/mol. The highest BCUT2D eigenvalue weighted by atomic mass is 32.1. The van der Waals surface area contributed by atoms with E-state index in [0.29, 0.717) is 5.69 Å². The van der Waals surface area contributed by atoms with E-state index < -0.39 is 6.03 Å². The van der Waals surface area contributed by atoms with Gasteiger partial charge in [-0.3, -0.25) is 4.90 Å². The van der Waals surface area contributed by atoms with Crippen LogP contribution < -0.4 is 11.1 Å². The molecular weight excluding hydrogens is 410 g/mol. The number of anilines is 1. The Labute approximate surface area is 186 Å². The number of hydrogen-bond acceptors (Lipinski definition) is 6. The summed E-state index contributed by atoms with van der Waals surface area (Å²) in [6.07, 6.45) is 3.57. The Bertz CT molecular complexity index is 1030. The number of carbonyl (C=O) groups is 1. The number of nitrogens with zero attached hydrogens (tertiary/aromatic N) is 3. The molecule has 8 heteroatoms. The van der Waals surface area contributed by atoms with Crippen LogP contribution in [0.15, 0.2) is 42.6 Å². The lowest BCUT2D eigenvalue weighted by Gasteiger charge is -2.19.